The summed E-state index contributed by atoms with van der Waals surface area (Å²) in [6, 6.07) is 0.170. The van der Waals surface area contributed by atoms with Crippen LogP contribution in [-0.4, -0.2) is 32.5 Å². The number of halogens is 1. The van der Waals surface area contributed by atoms with Crippen LogP contribution in [0.25, 0.3) is 0 Å². The quantitative estimate of drug-likeness (QED) is 0.606. The Hall–Kier alpha value is 0.170. The lowest BCUT2D eigenvalue weighted by Crippen LogP contribution is -2.43. The van der Waals surface area contributed by atoms with Crippen LogP contribution in [0.2, 0.25) is 0 Å². The van der Waals surface area contributed by atoms with Gasteiger partial charge in [-0.05, 0) is 6.42 Å². The van der Waals surface area contributed by atoms with Crippen LogP contribution in [0.15, 0.2) is 0 Å². The fraction of sp³-hybridized carbons (Fsp3) is 1.00. The molecule has 0 aliphatic carbocycles. The van der Waals surface area contributed by atoms with E-state index in [-0.39, 0.29) is 24.6 Å². The van der Waals surface area contributed by atoms with Crippen LogP contribution in [-0.2, 0) is 9.47 Å². The molecular formula is C6H14ClNO2. The monoisotopic (exact) mass is 167 g/mol. The van der Waals surface area contributed by atoms with Gasteiger partial charge < -0.3 is 15.2 Å². The average Bonchev–Trinajstić information content (AvgIpc) is 1.89. The van der Waals surface area contributed by atoms with Crippen LogP contribution in [0.4, 0.5) is 0 Å². The van der Waals surface area contributed by atoms with Crippen molar-refractivity contribution in [1.82, 2.24) is 0 Å². The predicted molar refractivity (Wildman–Crippen MR) is 41.5 cm³/mol. The smallest absolute Gasteiger partial charge is 0.0955 e. The first-order valence-electron chi connectivity index (χ1n) is 3.20. The van der Waals surface area contributed by atoms with Crippen molar-refractivity contribution < 1.29 is 9.47 Å². The summed E-state index contributed by atoms with van der Waals surface area (Å²) < 4.78 is 10.2. The van der Waals surface area contributed by atoms with E-state index >= 15 is 0 Å². The Labute approximate surface area is 67.3 Å². The van der Waals surface area contributed by atoms with Crippen LogP contribution in [0.1, 0.15) is 6.42 Å². The summed E-state index contributed by atoms with van der Waals surface area (Å²) in [7, 11) is 1.67. The fourth-order valence-electron chi connectivity index (χ4n) is 0.971. The average molecular weight is 168 g/mol. The Bertz CT molecular complexity index is 91.8. The lowest BCUT2D eigenvalue weighted by molar-refractivity contribution is -0.0411. The van der Waals surface area contributed by atoms with E-state index in [4.69, 9.17) is 15.2 Å². The molecule has 0 amide bonds. The second-order valence-electron chi connectivity index (χ2n) is 2.30. The highest BCUT2D eigenvalue weighted by atomic mass is 35.5. The Morgan fingerprint density at radius 3 is 2.70 bits per heavy atom. The molecule has 0 aromatic heterocycles. The van der Waals surface area contributed by atoms with E-state index in [0.29, 0.717) is 6.61 Å². The molecule has 1 aliphatic rings. The third-order valence-corrected chi connectivity index (χ3v) is 1.66. The molecule has 10 heavy (non-hydrogen) atoms. The van der Waals surface area contributed by atoms with E-state index in [2.05, 4.69) is 0 Å². The molecule has 0 radical (unpaired) electrons. The fourth-order valence-corrected chi connectivity index (χ4v) is 0.971. The van der Waals surface area contributed by atoms with Gasteiger partial charge in [0.05, 0.1) is 12.7 Å². The Balaban J connectivity index is 0.000000810. The van der Waals surface area contributed by atoms with Crippen molar-refractivity contribution in [2.24, 2.45) is 5.73 Å². The maximum absolute atomic E-state index is 5.68. The highest BCUT2D eigenvalue weighted by molar-refractivity contribution is 5.85. The lowest BCUT2D eigenvalue weighted by Gasteiger charge is -2.26. The summed E-state index contributed by atoms with van der Waals surface area (Å²) in [5.41, 5.74) is 5.68. The van der Waals surface area contributed by atoms with E-state index in [1.807, 2.05) is 0 Å². The molecule has 3 nitrogen and oxygen atoms in total. The van der Waals surface area contributed by atoms with E-state index < -0.39 is 0 Å². The molecular weight excluding hydrogens is 154 g/mol. The SMILES string of the molecule is CO[C@H]1COCC[C@H]1N.Cl. The van der Waals surface area contributed by atoms with Crippen LogP contribution in [0.3, 0.4) is 0 Å². The second-order valence-corrected chi connectivity index (χ2v) is 2.30. The van der Waals surface area contributed by atoms with Gasteiger partial charge in [0, 0.05) is 19.8 Å². The van der Waals surface area contributed by atoms with Gasteiger partial charge in [0.2, 0.25) is 0 Å². The molecule has 0 spiro atoms. The summed E-state index contributed by atoms with van der Waals surface area (Å²) in [6.07, 6.45) is 1.03. The molecule has 62 valence electrons. The van der Waals surface area contributed by atoms with Crippen molar-refractivity contribution in [1.29, 1.82) is 0 Å². The maximum atomic E-state index is 5.68. The first-order chi connectivity index (χ1) is 4.34. The molecule has 0 saturated carbocycles. The molecule has 2 atom stereocenters. The second kappa shape index (κ2) is 4.91. The van der Waals surface area contributed by atoms with Crippen molar-refractivity contribution in [2.75, 3.05) is 20.3 Å². The molecule has 0 aromatic rings. The zero-order valence-corrected chi connectivity index (χ0v) is 6.89. The standard InChI is InChI=1S/C6H13NO2.ClH/c1-8-6-4-9-3-2-5(6)7;/h5-6H,2-4,7H2,1H3;1H/t5-,6+;/m1./s1. The highest BCUT2D eigenvalue weighted by Gasteiger charge is 2.21. The number of methoxy groups -OCH3 is 1. The van der Waals surface area contributed by atoms with Crippen molar-refractivity contribution in [3.05, 3.63) is 0 Å². The summed E-state index contributed by atoms with van der Waals surface area (Å²) in [6.45, 7) is 1.43. The van der Waals surface area contributed by atoms with Crippen LogP contribution < -0.4 is 5.73 Å². The van der Waals surface area contributed by atoms with Crippen molar-refractivity contribution in [3.63, 3.8) is 0 Å². The van der Waals surface area contributed by atoms with Gasteiger partial charge in [-0.15, -0.1) is 12.4 Å². The van der Waals surface area contributed by atoms with Gasteiger partial charge in [-0.1, -0.05) is 0 Å². The largest absolute Gasteiger partial charge is 0.379 e. The van der Waals surface area contributed by atoms with Crippen LogP contribution >= 0.6 is 12.4 Å². The number of hydrogen-bond donors (Lipinski definition) is 1. The lowest BCUT2D eigenvalue weighted by atomic mass is 10.1. The zero-order chi connectivity index (χ0) is 6.69. The van der Waals surface area contributed by atoms with Gasteiger partial charge in [0.15, 0.2) is 0 Å². The molecule has 1 saturated heterocycles. The molecule has 1 rings (SSSR count). The Kier molecular flexibility index (Phi) is 4.99. The molecule has 1 heterocycles. The summed E-state index contributed by atoms with van der Waals surface area (Å²) in [4.78, 5) is 0. The molecule has 1 fully saturated rings. The van der Waals surface area contributed by atoms with Gasteiger partial charge in [-0.3, -0.25) is 0 Å². The number of ether oxygens (including phenoxy) is 2. The normalized spacial score (nSPS) is 33.0. The highest BCUT2D eigenvalue weighted by Crippen LogP contribution is 2.07. The van der Waals surface area contributed by atoms with Gasteiger partial charge in [-0.2, -0.15) is 0 Å². The minimum atomic E-state index is 0. The summed E-state index contributed by atoms with van der Waals surface area (Å²) in [5.74, 6) is 0. The third kappa shape index (κ3) is 2.42. The summed E-state index contributed by atoms with van der Waals surface area (Å²) >= 11 is 0. The molecule has 0 bridgehead atoms. The van der Waals surface area contributed by atoms with Gasteiger partial charge in [0.25, 0.3) is 0 Å². The van der Waals surface area contributed by atoms with Gasteiger partial charge in [-0.25, -0.2) is 0 Å². The number of rotatable bonds is 1. The topological polar surface area (TPSA) is 44.5 Å². The van der Waals surface area contributed by atoms with E-state index in [9.17, 15) is 0 Å². The molecule has 0 aromatic carbocycles. The zero-order valence-electron chi connectivity index (χ0n) is 6.08. The van der Waals surface area contributed by atoms with Crippen molar-refractivity contribution in [2.45, 2.75) is 18.6 Å². The van der Waals surface area contributed by atoms with E-state index in [1.165, 1.54) is 0 Å². The first-order valence-corrected chi connectivity index (χ1v) is 3.20. The van der Waals surface area contributed by atoms with Crippen molar-refractivity contribution in [3.8, 4) is 0 Å². The molecule has 2 N–H and O–H groups in total. The van der Waals surface area contributed by atoms with Gasteiger partial charge >= 0.3 is 0 Å². The van der Waals surface area contributed by atoms with Crippen molar-refractivity contribution >= 4 is 12.4 Å². The first kappa shape index (κ1) is 10.2. The summed E-state index contributed by atoms with van der Waals surface area (Å²) in [5, 5.41) is 0. The minimum absolute atomic E-state index is 0. The number of hydrogen-bond acceptors (Lipinski definition) is 3. The third-order valence-electron chi connectivity index (χ3n) is 1.66. The van der Waals surface area contributed by atoms with Crippen LogP contribution in [0, 0.1) is 0 Å². The predicted octanol–water partition coefficient (Wildman–Crippen LogP) is 0.171. The minimum Gasteiger partial charge on any atom is -0.379 e. The van der Waals surface area contributed by atoms with E-state index in [1.54, 1.807) is 7.11 Å². The molecule has 0 unspecified atom stereocenters. The Morgan fingerprint density at radius 2 is 2.30 bits per heavy atom. The molecule has 4 heteroatoms. The van der Waals surface area contributed by atoms with E-state index in [0.717, 1.165) is 13.0 Å². The number of nitrogens with two attached hydrogens (primary N) is 1. The van der Waals surface area contributed by atoms with Gasteiger partial charge in [0.1, 0.15) is 0 Å². The van der Waals surface area contributed by atoms with Crippen LogP contribution in [0.5, 0.6) is 0 Å². The Morgan fingerprint density at radius 1 is 1.60 bits per heavy atom. The molecule has 1 aliphatic heterocycles. The maximum Gasteiger partial charge on any atom is 0.0955 e.